The van der Waals surface area contributed by atoms with Crippen LogP contribution in [0.4, 0.5) is 0 Å². The summed E-state index contributed by atoms with van der Waals surface area (Å²) in [5, 5.41) is 12.4. The van der Waals surface area contributed by atoms with Gasteiger partial charge in [-0.05, 0) is 30.7 Å². The van der Waals surface area contributed by atoms with E-state index in [1.54, 1.807) is 0 Å². The number of nitrogens with one attached hydrogen (secondary N) is 1. The minimum atomic E-state index is 0.223. The molecule has 2 heteroatoms. The molecule has 86 valence electrons. The molecule has 0 amide bonds. The van der Waals surface area contributed by atoms with Crippen molar-refractivity contribution in [3.8, 4) is 0 Å². The molecule has 1 unspecified atom stereocenters. The molecule has 0 saturated carbocycles. The Balaban J connectivity index is 3.51. The second-order valence-corrected chi connectivity index (χ2v) is 5.16. The van der Waals surface area contributed by atoms with Crippen molar-refractivity contribution >= 4 is 0 Å². The first-order chi connectivity index (χ1) is 6.52. The van der Waals surface area contributed by atoms with Crippen molar-refractivity contribution in [3.05, 3.63) is 0 Å². The van der Waals surface area contributed by atoms with Crippen molar-refractivity contribution < 1.29 is 5.11 Å². The average Bonchev–Trinajstić information content (AvgIpc) is 2.03. The van der Waals surface area contributed by atoms with E-state index in [1.807, 2.05) is 0 Å². The van der Waals surface area contributed by atoms with Gasteiger partial charge in [-0.25, -0.2) is 0 Å². The highest BCUT2D eigenvalue weighted by Gasteiger charge is 2.16. The summed E-state index contributed by atoms with van der Waals surface area (Å²) in [6.45, 7) is 11.3. The lowest BCUT2D eigenvalue weighted by Crippen LogP contribution is -2.32. The maximum Gasteiger partial charge on any atom is 0.0436 e. The monoisotopic (exact) mass is 201 g/mol. The molecule has 1 atom stereocenters. The number of rotatable bonds is 8. The molecule has 0 aliphatic heterocycles. The van der Waals surface area contributed by atoms with E-state index in [-0.39, 0.29) is 5.41 Å². The third-order valence-corrected chi connectivity index (χ3v) is 2.67. The van der Waals surface area contributed by atoms with Gasteiger partial charge in [0.15, 0.2) is 0 Å². The quantitative estimate of drug-likeness (QED) is 0.632. The summed E-state index contributed by atoms with van der Waals surface area (Å²) in [6.07, 6.45) is 3.44. The molecule has 0 aromatic rings. The molecule has 0 aliphatic rings. The van der Waals surface area contributed by atoms with Crippen molar-refractivity contribution in [1.82, 2.24) is 5.32 Å². The topological polar surface area (TPSA) is 32.3 Å². The molecule has 0 aromatic carbocycles. The van der Waals surface area contributed by atoms with E-state index in [2.05, 4.69) is 33.0 Å². The highest BCUT2D eigenvalue weighted by molar-refractivity contribution is 4.71. The lowest BCUT2D eigenvalue weighted by molar-refractivity contribution is 0.205. The van der Waals surface area contributed by atoms with Crippen LogP contribution in [0.15, 0.2) is 0 Å². The Bertz CT molecular complexity index is 134. The van der Waals surface area contributed by atoms with Crippen molar-refractivity contribution in [2.45, 2.75) is 47.0 Å². The van der Waals surface area contributed by atoms with Gasteiger partial charge in [-0.15, -0.1) is 0 Å². The smallest absolute Gasteiger partial charge is 0.0436 e. The third kappa shape index (κ3) is 7.34. The largest absolute Gasteiger partial charge is 0.396 e. The number of aliphatic hydroxyl groups excluding tert-OH is 1. The van der Waals surface area contributed by atoms with Gasteiger partial charge in [0.05, 0.1) is 0 Å². The lowest BCUT2D eigenvalue weighted by Gasteiger charge is -2.25. The molecule has 0 bridgehead atoms. The van der Waals surface area contributed by atoms with E-state index in [1.165, 1.54) is 12.8 Å². The van der Waals surface area contributed by atoms with Crippen LogP contribution >= 0.6 is 0 Å². The maximum absolute atomic E-state index is 8.87. The van der Waals surface area contributed by atoms with Crippen molar-refractivity contribution in [3.63, 3.8) is 0 Å². The maximum atomic E-state index is 8.87. The summed E-state index contributed by atoms with van der Waals surface area (Å²) in [6, 6.07) is 0. The molecule has 2 nitrogen and oxygen atoms in total. The van der Waals surface area contributed by atoms with Crippen molar-refractivity contribution in [2.75, 3.05) is 19.7 Å². The third-order valence-electron chi connectivity index (χ3n) is 2.67. The van der Waals surface area contributed by atoms with E-state index < -0.39 is 0 Å². The van der Waals surface area contributed by atoms with Gasteiger partial charge >= 0.3 is 0 Å². The number of aliphatic hydroxyl groups is 1. The first kappa shape index (κ1) is 13.9. The van der Waals surface area contributed by atoms with Crippen LogP contribution in [-0.4, -0.2) is 24.8 Å². The van der Waals surface area contributed by atoms with Crippen LogP contribution in [0.25, 0.3) is 0 Å². The van der Waals surface area contributed by atoms with Crippen LogP contribution in [0.2, 0.25) is 0 Å². The predicted molar refractivity (Wildman–Crippen MR) is 62.4 cm³/mol. The predicted octanol–water partition coefficient (Wildman–Crippen LogP) is 2.42. The van der Waals surface area contributed by atoms with Gasteiger partial charge in [0, 0.05) is 13.2 Å². The first-order valence-electron chi connectivity index (χ1n) is 5.83. The number of hydrogen-bond acceptors (Lipinski definition) is 2. The Hall–Kier alpha value is -0.0800. The second-order valence-electron chi connectivity index (χ2n) is 5.16. The van der Waals surface area contributed by atoms with Gasteiger partial charge in [-0.2, -0.15) is 0 Å². The van der Waals surface area contributed by atoms with Crippen LogP contribution in [0.5, 0.6) is 0 Å². The fourth-order valence-electron chi connectivity index (χ4n) is 1.64. The highest BCUT2D eigenvalue weighted by Crippen LogP contribution is 2.18. The van der Waals surface area contributed by atoms with E-state index in [4.69, 9.17) is 5.11 Å². The fraction of sp³-hybridized carbons (Fsp3) is 1.00. The van der Waals surface area contributed by atoms with Crippen LogP contribution in [0, 0.1) is 11.3 Å². The van der Waals surface area contributed by atoms with Gasteiger partial charge < -0.3 is 10.4 Å². The molecule has 0 fully saturated rings. The zero-order valence-electron chi connectivity index (χ0n) is 10.3. The van der Waals surface area contributed by atoms with Gasteiger partial charge in [-0.1, -0.05) is 34.1 Å². The normalized spacial score (nSPS) is 14.4. The molecule has 0 spiro atoms. The van der Waals surface area contributed by atoms with Crippen LogP contribution in [0.1, 0.15) is 47.0 Å². The summed E-state index contributed by atoms with van der Waals surface area (Å²) in [5.74, 6) is 0.768. The van der Waals surface area contributed by atoms with E-state index in [0.29, 0.717) is 6.61 Å². The highest BCUT2D eigenvalue weighted by atomic mass is 16.3. The molecular formula is C12H27NO. The van der Waals surface area contributed by atoms with Gasteiger partial charge in [0.25, 0.3) is 0 Å². The van der Waals surface area contributed by atoms with Gasteiger partial charge in [-0.3, -0.25) is 0 Å². The minimum absolute atomic E-state index is 0.223. The first-order valence-corrected chi connectivity index (χ1v) is 5.83. The minimum Gasteiger partial charge on any atom is -0.396 e. The fourth-order valence-corrected chi connectivity index (χ4v) is 1.64. The Morgan fingerprint density at radius 3 is 2.50 bits per heavy atom. The second kappa shape index (κ2) is 7.24. The molecule has 14 heavy (non-hydrogen) atoms. The standard InChI is InChI=1S/C12H27NO/c1-5-6-11(2)9-13-10-12(3,4)7-8-14/h11,13-14H,5-10H2,1-4H3. The summed E-state index contributed by atoms with van der Waals surface area (Å²) in [7, 11) is 0. The van der Waals surface area contributed by atoms with Gasteiger partial charge in [0.2, 0.25) is 0 Å². The zero-order valence-corrected chi connectivity index (χ0v) is 10.3. The average molecular weight is 201 g/mol. The summed E-state index contributed by atoms with van der Waals surface area (Å²) < 4.78 is 0. The molecule has 0 aromatic heterocycles. The SMILES string of the molecule is CCCC(C)CNCC(C)(C)CCO. The van der Waals surface area contributed by atoms with Crippen LogP contribution in [0.3, 0.4) is 0 Å². The van der Waals surface area contributed by atoms with E-state index in [9.17, 15) is 0 Å². The molecule has 0 saturated heterocycles. The molecule has 0 aliphatic carbocycles. The zero-order chi connectivity index (χ0) is 11.0. The summed E-state index contributed by atoms with van der Waals surface area (Å²) in [5.41, 5.74) is 0.223. The number of hydrogen-bond donors (Lipinski definition) is 2. The van der Waals surface area contributed by atoms with Gasteiger partial charge in [0.1, 0.15) is 0 Å². The van der Waals surface area contributed by atoms with Crippen LogP contribution < -0.4 is 5.32 Å². The molecule has 0 rings (SSSR count). The Morgan fingerprint density at radius 1 is 1.36 bits per heavy atom. The van der Waals surface area contributed by atoms with E-state index in [0.717, 1.165) is 25.4 Å². The molecule has 0 radical (unpaired) electrons. The molecule has 0 heterocycles. The Morgan fingerprint density at radius 2 is 2.00 bits per heavy atom. The van der Waals surface area contributed by atoms with Crippen molar-refractivity contribution in [2.24, 2.45) is 11.3 Å². The Labute approximate surface area is 89.1 Å². The van der Waals surface area contributed by atoms with Crippen LogP contribution in [-0.2, 0) is 0 Å². The summed E-state index contributed by atoms with van der Waals surface area (Å²) >= 11 is 0. The molecular weight excluding hydrogens is 174 g/mol. The Kier molecular flexibility index (Phi) is 7.20. The molecule has 2 N–H and O–H groups in total. The summed E-state index contributed by atoms with van der Waals surface area (Å²) in [4.78, 5) is 0. The van der Waals surface area contributed by atoms with E-state index >= 15 is 0 Å². The lowest BCUT2D eigenvalue weighted by atomic mass is 9.89. The van der Waals surface area contributed by atoms with Crippen molar-refractivity contribution in [1.29, 1.82) is 0 Å².